The summed E-state index contributed by atoms with van der Waals surface area (Å²) in [5.74, 6) is 0. The van der Waals surface area contributed by atoms with Crippen molar-refractivity contribution in [2.45, 2.75) is 31.8 Å². The van der Waals surface area contributed by atoms with Gasteiger partial charge in [0.15, 0.2) is 5.15 Å². The fourth-order valence-corrected chi connectivity index (χ4v) is 2.97. The number of hydrogen-bond donors (Lipinski definition) is 2. The standard InChI is InChI=1S/C11H17ClN4/c12-11-9-3-6-14-7-10(9)16(15-11)8-1-4-13-5-2-8/h8,13-14H,1-7H2. The minimum absolute atomic E-state index is 0.530. The van der Waals surface area contributed by atoms with Crippen LogP contribution in [0.2, 0.25) is 5.15 Å². The number of nitrogens with one attached hydrogen (secondary N) is 2. The molecule has 0 amide bonds. The first-order valence-electron chi connectivity index (χ1n) is 6.03. The van der Waals surface area contributed by atoms with E-state index in [9.17, 15) is 0 Å². The molecule has 0 bridgehead atoms. The Bertz CT molecular complexity index is 382. The summed E-state index contributed by atoms with van der Waals surface area (Å²) >= 11 is 6.21. The average Bonchev–Trinajstić information content (AvgIpc) is 2.69. The Labute approximate surface area is 100 Å². The summed E-state index contributed by atoms with van der Waals surface area (Å²) in [6.45, 7) is 4.11. The van der Waals surface area contributed by atoms with Crippen molar-refractivity contribution in [2.24, 2.45) is 0 Å². The van der Waals surface area contributed by atoms with Crippen LogP contribution in [-0.2, 0) is 13.0 Å². The summed E-state index contributed by atoms with van der Waals surface area (Å²) in [4.78, 5) is 0. The molecule has 0 radical (unpaired) electrons. The Kier molecular flexibility index (Phi) is 2.88. The minimum atomic E-state index is 0.530. The number of aromatic nitrogens is 2. The second-order valence-corrected chi connectivity index (χ2v) is 4.93. The molecule has 88 valence electrons. The molecule has 4 nitrogen and oxygen atoms in total. The molecule has 0 aliphatic carbocycles. The molecule has 3 heterocycles. The van der Waals surface area contributed by atoms with E-state index in [4.69, 9.17) is 11.6 Å². The summed E-state index contributed by atoms with van der Waals surface area (Å²) in [5.41, 5.74) is 2.57. The van der Waals surface area contributed by atoms with E-state index in [1.54, 1.807) is 0 Å². The zero-order valence-electron chi connectivity index (χ0n) is 9.30. The van der Waals surface area contributed by atoms with E-state index in [1.165, 1.54) is 11.3 Å². The van der Waals surface area contributed by atoms with Crippen molar-refractivity contribution in [2.75, 3.05) is 19.6 Å². The predicted molar refractivity (Wildman–Crippen MR) is 63.8 cm³/mol. The lowest BCUT2D eigenvalue weighted by Crippen LogP contribution is -2.32. The molecule has 0 saturated carbocycles. The maximum Gasteiger partial charge on any atom is 0.154 e. The third-order valence-electron chi connectivity index (χ3n) is 3.57. The maximum atomic E-state index is 6.21. The third kappa shape index (κ3) is 1.75. The first kappa shape index (κ1) is 10.6. The highest BCUT2D eigenvalue weighted by Gasteiger charge is 2.24. The Morgan fingerprint density at radius 1 is 1.19 bits per heavy atom. The molecule has 1 aromatic rings. The molecule has 0 spiro atoms. The molecule has 1 fully saturated rings. The van der Waals surface area contributed by atoms with Crippen molar-refractivity contribution in [1.29, 1.82) is 0 Å². The summed E-state index contributed by atoms with van der Waals surface area (Å²) in [6.07, 6.45) is 3.33. The number of fused-ring (bicyclic) bond motifs is 1. The van der Waals surface area contributed by atoms with E-state index in [1.807, 2.05) is 0 Å². The summed E-state index contributed by atoms with van der Waals surface area (Å²) < 4.78 is 2.17. The lowest BCUT2D eigenvalue weighted by molar-refractivity contribution is 0.331. The van der Waals surface area contributed by atoms with Gasteiger partial charge in [-0.1, -0.05) is 11.6 Å². The zero-order valence-corrected chi connectivity index (χ0v) is 10.1. The zero-order chi connectivity index (χ0) is 11.0. The second kappa shape index (κ2) is 4.35. The van der Waals surface area contributed by atoms with Crippen molar-refractivity contribution in [3.63, 3.8) is 0 Å². The summed E-state index contributed by atoms with van der Waals surface area (Å²) in [7, 11) is 0. The Balaban J connectivity index is 1.93. The van der Waals surface area contributed by atoms with Gasteiger partial charge in [0, 0.05) is 12.1 Å². The van der Waals surface area contributed by atoms with Gasteiger partial charge in [0.25, 0.3) is 0 Å². The van der Waals surface area contributed by atoms with Crippen LogP contribution < -0.4 is 10.6 Å². The number of hydrogen-bond acceptors (Lipinski definition) is 3. The Morgan fingerprint density at radius 2 is 2.00 bits per heavy atom. The van der Waals surface area contributed by atoms with E-state index in [0.29, 0.717) is 6.04 Å². The smallest absolute Gasteiger partial charge is 0.154 e. The van der Waals surface area contributed by atoms with Crippen LogP contribution in [0.5, 0.6) is 0 Å². The van der Waals surface area contributed by atoms with Crippen LogP contribution in [-0.4, -0.2) is 29.4 Å². The molecule has 2 aliphatic heterocycles. The topological polar surface area (TPSA) is 41.9 Å². The molecule has 2 aliphatic rings. The Morgan fingerprint density at radius 3 is 2.81 bits per heavy atom. The number of nitrogens with zero attached hydrogens (tertiary/aromatic N) is 2. The van der Waals surface area contributed by atoms with E-state index in [-0.39, 0.29) is 0 Å². The molecule has 3 rings (SSSR count). The van der Waals surface area contributed by atoms with Crippen molar-refractivity contribution < 1.29 is 0 Å². The molecular weight excluding hydrogens is 224 g/mol. The quantitative estimate of drug-likeness (QED) is 0.773. The van der Waals surface area contributed by atoms with Crippen LogP contribution >= 0.6 is 11.6 Å². The van der Waals surface area contributed by atoms with Crippen molar-refractivity contribution in [3.05, 3.63) is 16.4 Å². The second-order valence-electron chi connectivity index (χ2n) is 4.57. The largest absolute Gasteiger partial charge is 0.317 e. The van der Waals surface area contributed by atoms with Gasteiger partial charge in [0.05, 0.1) is 11.7 Å². The lowest BCUT2D eigenvalue weighted by atomic mass is 10.1. The van der Waals surface area contributed by atoms with Gasteiger partial charge in [-0.05, 0) is 38.9 Å². The van der Waals surface area contributed by atoms with Gasteiger partial charge < -0.3 is 10.6 Å². The number of halogens is 1. The molecular formula is C11H17ClN4. The fourth-order valence-electron chi connectivity index (χ4n) is 2.68. The van der Waals surface area contributed by atoms with E-state index in [2.05, 4.69) is 20.4 Å². The molecule has 5 heteroatoms. The highest BCUT2D eigenvalue weighted by atomic mass is 35.5. The van der Waals surface area contributed by atoms with Crippen molar-refractivity contribution in [1.82, 2.24) is 20.4 Å². The normalized spacial score (nSPS) is 22.1. The molecule has 0 unspecified atom stereocenters. The molecule has 16 heavy (non-hydrogen) atoms. The SMILES string of the molecule is Clc1nn(C2CCNCC2)c2c1CCNC2. The van der Waals surface area contributed by atoms with Crippen LogP contribution in [0.4, 0.5) is 0 Å². The summed E-state index contributed by atoms with van der Waals surface area (Å²) in [5, 5.41) is 12.0. The van der Waals surface area contributed by atoms with Crippen molar-refractivity contribution in [3.8, 4) is 0 Å². The number of rotatable bonds is 1. The van der Waals surface area contributed by atoms with Crippen molar-refractivity contribution >= 4 is 11.6 Å². The van der Waals surface area contributed by atoms with Crippen LogP contribution in [0.3, 0.4) is 0 Å². The van der Waals surface area contributed by atoms with Gasteiger partial charge in [0.1, 0.15) is 0 Å². The highest BCUT2D eigenvalue weighted by molar-refractivity contribution is 6.30. The van der Waals surface area contributed by atoms with Crippen LogP contribution in [0, 0.1) is 0 Å². The van der Waals surface area contributed by atoms with Gasteiger partial charge in [-0.25, -0.2) is 0 Å². The molecule has 0 atom stereocenters. The van der Waals surface area contributed by atoms with E-state index in [0.717, 1.165) is 50.6 Å². The van der Waals surface area contributed by atoms with Gasteiger partial charge in [-0.2, -0.15) is 5.10 Å². The molecule has 2 N–H and O–H groups in total. The maximum absolute atomic E-state index is 6.21. The van der Waals surface area contributed by atoms with Crippen LogP contribution in [0.25, 0.3) is 0 Å². The highest BCUT2D eigenvalue weighted by Crippen LogP contribution is 2.28. The number of piperidine rings is 1. The summed E-state index contributed by atoms with van der Waals surface area (Å²) in [6, 6.07) is 0.530. The van der Waals surface area contributed by atoms with Crippen LogP contribution in [0.1, 0.15) is 30.1 Å². The first-order chi connectivity index (χ1) is 7.86. The van der Waals surface area contributed by atoms with Gasteiger partial charge in [-0.15, -0.1) is 0 Å². The predicted octanol–water partition coefficient (Wildman–Crippen LogP) is 1.11. The first-order valence-corrected chi connectivity index (χ1v) is 6.41. The van der Waals surface area contributed by atoms with Gasteiger partial charge in [0.2, 0.25) is 0 Å². The molecule has 1 saturated heterocycles. The third-order valence-corrected chi connectivity index (χ3v) is 3.87. The van der Waals surface area contributed by atoms with Gasteiger partial charge in [-0.3, -0.25) is 4.68 Å². The lowest BCUT2D eigenvalue weighted by Gasteiger charge is -2.26. The molecule has 1 aromatic heterocycles. The van der Waals surface area contributed by atoms with E-state index < -0.39 is 0 Å². The average molecular weight is 241 g/mol. The molecule has 0 aromatic carbocycles. The Hall–Kier alpha value is -0.580. The minimum Gasteiger partial charge on any atom is -0.317 e. The van der Waals surface area contributed by atoms with Crippen LogP contribution in [0.15, 0.2) is 0 Å². The fraction of sp³-hybridized carbons (Fsp3) is 0.727. The monoisotopic (exact) mass is 240 g/mol. The van der Waals surface area contributed by atoms with E-state index >= 15 is 0 Å². The van der Waals surface area contributed by atoms with Gasteiger partial charge >= 0.3 is 0 Å².